The number of ether oxygens (including phenoxy) is 1. The van der Waals surface area contributed by atoms with Gasteiger partial charge in [0.05, 0.1) is 24.5 Å². The Hall–Kier alpha value is -2.00. The number of piperazine rings is 1. The van der Waals surface area contributed by atoms with Crippen LogP contribution in [-0.4, -0.2) is 50.4 Å². The second kappa shape index (κ2) is 9.27. The molecule has 0 bridgehead atoms. The summed E-state index contributed by atoms with van der Waals surface area (Å²) in [6.45, 7) is 1.46. The van der Waals surface area contributed by atoms with Crippen LogP contribution in [0, 0.1) is 0 Å². The Labute approximate surface area is 165 Å². The van der Waals surface area contributed by atoms with Crippen LogP contribution in [0.4, 0.5) is 0 Å². The molecule has 1 unspecified atom stereocenters. The van der Waals surface area contributed by atoms with Gasteiger partial charge in [0.15, 0.2) is 0 Å². The Morgan fingerprint density at radius 2 is 2.07 bits per heavy atom. The molecule has 1 atom stereocenters. The van der Waals surface area contributed by atoms with E-state index in [0.29, 0.717) is 25.2 Å². The van der Waals surface area contributed by atoms with Crippen molar-refractivity contribution in [2.45, 2.75) is 11.8 Å². The molecule has 146 valence electrons. The number of pyridine rings is 1. The van der Waals surface area contributed by atoms with Gasteiger partial charge >= 0.3 is 5.97 Å². The third-order valence-electron chi connectivity index (χ3n) is 4.38. The van der Waals surface area contributed by atoms with Gasteiger partial charge in [0.1, 0.15) is 0 Å². The number of hydrogen-bond acceptors (Lipinski definition) is 6. The Kier molecular flexibility index (Phi) is 7.32. The standard InChI is InChI=1S/C18H21N3O4S.ClH/c1-25-18(22)16-7-3-2-5-15(16)13-26(23,24)21-10-9-20-12-17(21)14-6-4-8-19-11-14;/h2-8,11,17,20H,9-10,12-13H2,1H3;1H. The van der Waals surface area contributed by atoms with Crippen LogP contribution in [-0.2, 0) is 20.5 Å². The predicted octanol–water partition coefficient (Wildman–Crippen LogP) is 1.77. The number of carbonyl (C=O) groups excluding carboxylic acids is 1. The lowest BCUT2D eigenvalue weighted by molar-refractivity contribution is 0.0600. The van der Waals surface area contributed by atoms with E-state index in [4.69, 9.17) is 4.74 Å². The molecule has 3 rings (SSSR count). The van der Waals surface area contributed by atoms with Gasteiger partial charge in [-0.15, -0.1) is 12.4 Å². The monoisotopic (exact) mass is 411 g/mol. The summed E-state index contributed by atoms with van der Waals surface area (Å²) in [5, 5.41) is 3.23. The van der Waals surface area contributed by atoms with Crippen molar-refractivity contribution in [3.63, 3.8) is 0 Å². The molecule has 1 aromatic carbocycles. The minimum absolute atomic E-state index is 0. The SMILES string of the molecule is COC(=O)c1ccccc1CS(=O)(=O)N1CCNCC1c1cccnc1.Cl. The van der Waals surface area contributed by atoms with Gasteiger partial charge < -0.3 is 10.1 Å². The first-order valence-corrected chi connectivity index (χ1v) is 9.90. The Balaban J connectivity index is 0.00000261. The molecule has 0 aliphatic carbocycles. The molecule has 1 fully saturated rings. The number of esters is 1. The first-order chi connectivity index (χ1) is 12.5. The molecule has 0 saturated carbocycles. The first-order valence-electron chi connectivity index (χ1n) is 8.29. The van der Waals surface area contributed by atoms with Crippen LogP contribution in [0.2, 0.25) is 0 Å². The third kappa shape index (κ3) is 4.84. The molecule has 1 saturated heterocycles. The number of rotatable bonds is 5. The van der Waals surface area contributed by atoms with Gasteiger partial charge in [0, 0.05) is 32.0 Å². The average molecular weight is 412 g/mol. The molecule has 1 aliphatic heterocycles. The van der Waals surface area contributed by atoms with E-state index in [1.165, 1.54) is 11.4 Å². The van der Waals surface area contributed by atoms with E-state index >= 15 is 0 Å². The minimum Gasteiger partial charge on any atom is -0.465 e. The molecule has 2 heterocycles. The average Bonchev–Trinajstić information content (AvgIpc) is 2.68. The van der Waals surface area contributed by atoms with Gasteiger partial charge in [-0.1, -0.05) is 24.3 Å². The normalized spacial score (nSPS) is 17.7. The molecule has 1 aliphatic rings. The number of nitrogens with zero attached hydrogens (tertiary/aromatic N) is 2. The van der Waals surface area contributed by atoms with Crippen LogP contribution in [0.1, 0.15) is 27.5 Å². The number of benzene rings is 1. The summed E-state index contributed by atoms with van der Waals surface area (Å²) in [4.78, 5) is 16.0. The predicted molar refractivity (Wildman–Crippen MR) is 104 cm³/mol. The summed E-state index contributed by atoms with van der Waals surface area (Å²) >= 11 is 0. The lowest BCUT2D eigenvalue weighted by atomic mass is 10.1. The van der Waals surface area contributed by atoms with Crippen LogP contribution in [0.25, 0.3) is 0 Å². The molecular weight excluding hydrogens is 390 g/mol. The number of nitrogens with one attached hydrogen (secondary N) is 1. The molecule has 0 spiro atoms. The van der Waals surface area contributed by atoms with Gasteiger partial charge in [-0.05, 0) is 23.3 Å². The fourth-order valence-electron chi connectivity index (χ4n) is 3.11. The molecule has 1 N–H and O–H groups in total. The highest BCUT2D eigenvalue weighted by molar-refractivity contribution is 7.88. The maximum atomic E-state index is 13.1. The van der Waals surface area contributed by atoms with E-state index in [1.807, 2.05) is 6.07 Å². The van der Waals surface area contributed by atoms with Gasteiger partial charge in [0.25, 0.3) is 0 Å². The summed E-state index contributed by atoms with van der Waals surface area (Å²) < 4.78 is 32.5. The van der Waals surface area contributed by atoms with Crippen molar-refractivity contribution in [1.29, 1.82) is 0 Å². The smallest absolute Gasteiger partial charge is 0.338 e. The Morgan fingerprint density at radius 3 is 2.78 bits per heavy atom. The van der Waals surface area contributed by atoms with Crippen LogP contribution >= 0.6 is 12.4 Å². The number of sulfonamides is 1. The molecule has 0 amide bonds. The summed E-state index contributed by atoms with van der Waals surface area (Å²) in [6.07, 6.45) is 3.34. The lowest BCUT2D eigenvalue weighted by Crippen LogP contribution is -2.49. The molecular formula is C18H22ClN3O4S. The minimum atomic E-state index is -3.64. The lowest BCUT2D eigenvalue weighted by Gasteiger charge is -2.35. The topological polar surface area (TPSA) is 88.6 Å². The Morgan fingerprint density at radius 1 is 1.30 bits per heavy atom. The van der Waals surface area contributed by atoms with Crippen LogP contribution in [0.5, 0.6) is 0 Å². The second-order valence-electron chi connectivity index (χ2n) is 6.02. The highest BCUT2D eigenvalue weighted by Crippen LogP contribution is 2.27. The summed E-state index contributed by atoms with van der Waals surface area (Å²) in [6, 6.07) is 9.96. The van der Waals surface area contributed by atoms with Crippen molar-refractivity contribution >= 4 is 28.4 Å². The van der Waals surface area contributed by atoms with Gasteiger partial charge in [-0.25, -0.2) is 13.2 Å². The van der Waals surface area contributed by atoms with E-state index in [1.54, 1.807) is 42.7 Å². The largest absolute Gasteiger partial charge is 0.465 e. The van der Waals surface area contributed by atoms with E-state index in [2.05, 4.69) is 10.3 Å². The number of halogens is 1. The van der Waals surface area contributed by atoms with E-state index in [9.17, 15) is 13.2 Å². The zero-order valence-electron chi connectivity index (χ0n) is 14.9. The molecule has 27 heavy (non-hydrogen) atoms. The quantitative estimate of drug-likeness (QED) is 0.754. The van der Waals surface area contributed by atoms with Crippen molar-refractivity contribution in [3.05, 3.63) is 65.5 Å². The highest BCUT2D eigenvalue weighted by Gasteiger charge is 2.34. The van der Waals surface area contributed by atoms with Crippen molar-refractivity contribution < 1.29 is 17.9 Å². The van der Waals surface area contributed by atoms with Gasteiger partial charge in [0.2, 0.25) is 10.0 Å². The molecule has 7 nitrogen and oxygen atoms in total. The maximum absolute atomic E-state index is 13.1. The maximum Gasteiger partial charge on any atom is 0.338 e. The van der Waals surface area contributed by atoms with E-state index in [-0.39, 0.29) is 29.8 Å². The fraction of sp³-hybridized carbons (Fsp3) is 0.333. The van der Waals surface area contributed by atoms with Crippen molar-refractivity contribution in [1.82, 2.24) is 14.6 Å². The van der Waals surface area contributed by atoms with Crippen molar-refractivity contribution in [2.24, 2.45) is 0 Å². The van der Waals surface area contributed by atoms with Crippen LogP contribution in [0.15, 0.2) is 48.8 Å². The summed E-state index contributed by atoms with van der Waals surface area (Å²) in [5.41, 5.74) is 1.54. The number of hydrogen-bond donors (Lipinski definition) is 1. The third-order valence-corrected chi connectivity index (χ3v) is 6.21. The zero-order valence-corrected chi connectivity index (χ0v) is 16.5. The molecule has 2 aromatic rings. The first kappa shape index (κ1) is 21.3. The van der Waals surface area contributed by atoms with Crippen LogP contribution in [0.3, 0.4) is 0 Å². The van der Waals surface area contributed by atoms with Crippen LogP contribution < -0.4 is 5.32 Å². The highest BCUT2D eigenvalue weighted by atomic mass is 35.5. The summed E-state index contributed by atoms with van der Waals surface area (Å²) in [5.74, 6) is -0.797. The molecule has 0 radical (unpaired) electrons. The van der Waals surface area contributed by atoms with Gasteiger partial charge in [-0.3, -0.25) is 4.98 Å². The number of methoxy groups -OCH3 is 1. The van der Waals surface area contributed by atoms with Crippen molar-refractivity contribution in [3.8, 4) is 0 Å². The van der Waals surface area contributed by atoms with Crippen molar-refractivity contribution in [2.75, 3.05) is 26.7 Å². The van der Waals surface area contributed by atoms with Gasteiger partial charge in [-0.2, -0.15) is 4.31 Å². The summed E-state index contributed by atoms with van der Waals surface area (Å²) in [7, 11) is -2.36. The number of aromatic nitrogens is 1. The molecule has 1 aromatic heterocycles. The van der Waals surface area contributed by atoms with E-state index < -0.39 is 16.0 Å². The number of carbonyl (C=O) groups is 1. The van der Waals surface area contributed by atoms with E-state index in [0.717, 1.165) is 5.56 Å². The second-order valence-corrected chi connectivity index (χ2v) is 7.94. The Bertz CT molecular complexity index is 877. The zero-order chi connectivity index (χ0) is 18.6. The fourth-order valence-corrected chi connectivity index (χ4v) is 4.87. The molecule has 9 heteroatoms.